The van der Waals surface area contributed by atoms with Crippen molar-refractivity contribution in [1.82, 2.24) is 15.0 Å². The second-order valence-electron chi connectivity index (χ2n) is 16.7. The molecule has 0 fully saturated rings. The number of nitrogens with zero attached hydrogens (tertiary/aromatic N) is 5. The molecule has 0 radical (unpaired) electrons. The molecule has 0 saturated heterocycles. The normalized spacial score (nSPS) is 15.2. The molecule has 0 amide bonds. The van der Waals surface area contributed by atoms with Crippen molar-refractivity contribution < 1.29 is 0 Å². The van der Waals surface area contributed by atoms with E-state index >= 15 is 0 Å². The first-order valence-corrected chi connectivity index (χ1v) is 24.3. The standard InChI is InChI=1S/C54H40N5Si/c1-60(2)48-33-19-18-32-46(48)59(53-56-51(36-20-6-3-7-21-36)55-52(57-53)37-22-8-4-9-23-37)47-35-34-43-49(50(47)60)39-26-12-13-27-40(39)54(43)41-28-14-16-30-44(41)58(38-24-10-5-11-25-38)45-31-17-15-29-42(45)54/h3-35,60H,1-2H3/q-1. The van der Waals surface area contributed by atoms with Crippen LogP contribution in [0.15, 0.2) is 200 Å². The van der Waals surface area contributed by atoms with Gasteiger partial charge in [0.25, 0.3) is 0 Å². The molecular formula is C54H40N5Si-. The minimum atomic E-state index is -2.85. The van der Waals surface area contributed by atoms with E-state index in [4.69, 9.17) is 15.0 Å². The summed E-state index contributed by atoms with van der Waals surface area (Å²) in [6, 6.07) is 72.4. The Labute approximate surface area is 351 Å². The molecule has 6 heteroatoms. The fraction of sp³-hybridized carbons (Fsp3) is 0.0556. The van der Waals surface area contributed by atoms with Crippen LogP contribution in [0.25, 0.3) is 33.9 Å². The predicted octanol–water partition coefficient (Wildman–Crippen LogP) is 11.7. The van der Waals surface area contributed by atoms with Crippen molar-refractivity contribution in [2.75, 3.05) is 9.80 Å². The Morgan fingerprint density at radius 2 is 0.900 bits per heavy atom. The van der Waals surface area contributed by atoms with E-state index < -0.39 is 13.5 Å². The van der Waals surface area contributed by atoms with E-state index in [1.807, 2.05) is 36.4 Å². The second kappa shape index (κ2) is 13.0. The molecule has 1 aliphatic carbocycles. The van der Waals surface area contributed by atoms with Crippen LogP contribution < -0.4 is 20.2 Å². The van der Waals surface area contributed by atoms with Gasteiger partial charge in [0.15, 0.2) is 0 Å². The molecule has 9 aromatic rings. The fourth-order valence-corrected chi connectivity index (χ4v) is 14.6. The van der Waals surface area contributed by atoms with Crippen molar-refractivity contribution >= 4 is 52.8 Å². The van der Waals surface area contributed by atoms with Crippen molar-refractivity contribution in [2.24, 2.45) is 0 Å². The maximum absolute atomic E-state index is 5.33. The average Bonchev–Trinajstić information content (AvgIpc) is 3.60. The third-order valence-corrected chi connectivity index (χ3v) is 17.2. The van der Waals surface area contributed by atoms with Crippen molar-refractivity contribution in [3.63, 3.8) is 0 Å². The van der Waals surface area contributed by atoms with Gasteiger partial charge in [-0.3, -0.25) is 0 Å². The van der Waals surface area contributed by atoms with Gasteiger partial charge in [0.1, 0.15) is 0 Å². The summed E-state index contributed by atoms with van der Waals surface area (Å²) in [6.45, 7) is 5.10. The first-order chi connectivity index (χ1) is 29.5. The Kier molecular flexibility index (Phi) is 7.53. The summed E-state index contributed by atoms with van der Waals surface area (Å²) in [7, 11) is -2.85. The Morgan fingerprint density at radius 3 is 1.52 bits per heavy atom. The number of benzene rings is 8. The number of rotatable bonds is 4. The van der Waals surface area contributed by atoms with Crippen LogP contribution in [-0.2, 0) is 5.41 Å². The number of hydrogen-bond acceptors (Lipinski definition) is 5. The van der Waals surface area contributed by atoms with Crippen molar-refractivity contribution in [3.8, 4) is 33.9 Å². The topological polar surface area (TPSA) is 45.2 Å². The number of para-hydroxylation sites is 4. The van der Waals surface area contributed by atoms with E-state index in [-0.39, 0.29) is 0 Å². The van der Waals surface area contributed by atoms with E-state index in [0.717, 1.165) is 28.2 Å². The number of anilines is 6. The van der Waals surface area contributed by atoms with Gasteiger partial charge >= 0.3 is 352 Å². The molecule has 8 aromatic carbocycles. The zero-order valence-electron chi connectivity index (χ0n) is 33.4. The Hall–Kier alpha value is -7.41. The third-order valence-electron chi connectivity index (χ3n) is 13.1. The van der Waals surface area contributed by atoms with E-state index in [1.165, 1.54) is 55.1 Å². The Balaban J connectivity index is 1.17. The van der Waals surface area contributed by atoms with E-state index in [2.05, 4.69) is 187 Å². The summed E-state index contributed by atoms with van der Waals surface area (Å²) in [5.41, 5.74) is 15.0. The summed E-state index contributed by atoms with van der Waals surface area (Å²) < 4.78 is 0. The van der Waals surface area contributed by atoms with Gasteiger partial charge in [0.2, 0.25) is 0 Å². The second-order valence-corrected chi connectivity index (χ2v) is 21.7. The average molecular weight is 787 g/mol. The van der Waals surface area contributed by atoms with Gasteiger partial charge in [-0.2, -0.15) is 0 Å². The fourth-order valence-electron chi connectivity index (χ4n) is 10.7. The van der Waals surface area contributed by atoms with Gasteiger partial charge in [-0.15, -0.1) is 0 Å². The zero-order valence-corrected chi connectivity index (χ0v) is 34.5. The molecule has 0 atom stereocenters. The monoisotopic (exact) mass is 786 g/mol. The van der Waals surface area contributed by atoms with E-state index in [9.17, 15) is 0 Å². The maximum atomic E-state index is 5.33. The Bertz CT molecular complexity index is 3040. The molecule has 12 rings (SSSR count). The molecule has 60 heavy (non-hydrogen) atoms. The van der Waals surface area contributed by atoms with Crippen LogP contribution in [0.1, 0.15) is 22.3 Å². The molecular weight excluding hydrogens is 747 g/mol. The first kappa shape index (κ1) is 34.6. The van der Waals surface area contributed by atoms with Crippen LogP contribution >= 0.6 is 0 Å². The summed E-state index contributed by atoms with van der Waals surface area (Å²) in [4.78, 5) is 20.5. The summed E-state index contributed by atoms with van der Waals surface area (Å²) in [5.74, 6) is 1.90. The first-order valence-electron chi connectivity index (χ1n) is 20.9. The number of aromatic nitrogens is 3. The van der Waals surface area contributed by atoms with Crippen LogP contribution in [0, 0.1) is 0 Å². The van der Waals surface area contributed by atoms with Gasteiger partial charge in [0.05, 0.1) is 0 Å². The van der Waals surface area contributed by atoms with Crippen molar-refractivity contribution in [3.05, 3.63) is 222 Å². The van der Waals surface area contributed by atoms with Crippen molar-refractivity contribution in [1.29, 1.82) is 0 Å². The minimum absolute atomic E-state index is 0.551. The molecule has 1 spiro atoms. The molecule has 3 aliphatic rings. The molecule has 0 bridgehead atoms. The predicted molar refractivity (Wildman–Crippen MR) is 249 cm³/mol. The van der Waals surface area contributed by atoms with Gasteiger partial charge in [0, 0.05) is 0 Å². The van der Waals surface area contributed by atoms with Crippen LogP contribution in [0.3, 0.4) is 0 Å². The molecule has 0 saturated carbocycles. The summed E-state index contributed by atoms with van der Waals surface area (Å²) in [5, 5.41) is 2.80. The van der Waals surface area contributed by atoms with Gasteiger partial charge in [-0.25, -0.2) is 0 Å². The van der Waals surface area contributed by atoms with Crippen LogP contribution in [-0.4, -0.2) is 23.0 Å². The molecule has 5 nitrogen and oxygen atoms in total. The zero-order chi connectivity index (χ0) is 40.0. The number of hydrogen-bond donors (Lipinski definition) is 0. The van der Waals surface area contributed by atoms with Gasteiger partial charge < -0.3 is 0 Å². The summed E-state index contributed by atoms with van der Waals surface area (Å²) >= 11 is 0. The molecule has 286 valence electrons. The van der Waals surface area contributed by atoms with Crippen LogP contribution in [0.5, 0.6) is 0 Å². The molecule has 0 unspecified atom stereocenters. The molecule has 3 heterocycles. The number of fused-ring (bicyclic) bond motifs is 12. The molecule has 1 aromatic heterocycles. The van der Waals surface area contributed by atoms with Crippen LogP contribution in [0.4, 0.5) is 34.4 Å². The quantitative estimate of drug-likeness (QED) is 0.166. The molecule has 0 N–H and O–H groups in total. The Morgan fingerprint density at radius 1 is 0.400 bits per heavy atom. The van der Waals surface area contributed by atoms with E-state index in [0.29, 0.717) is 17.6 Å². The van der Waals surface area contributed by atoms with Crippen LogP contribution in [0.2, 0.25) is 13.1 Å². The van der Waals surface area contributed by atoms with E-state index in [1.54, 1.807) is 0 Å². The molecule has 2 aliphatic heterocycles. The third kappa shape index (κ3) is 4.76. The van der Waals surface area contributed by atoms with Gasteiger partial charge in [-0.1, -0.05) is 0 Å². The van der Waals surface area contributed by atoms with Crippen molar-refractivity contribution in [2.45, 2.75) is 18.5 Å². The summed E-state index contributed by atoms with van der Waals surface area (Å²) in [6.07, 6.45) is 0. The van der Waals surface area contributed by atoms with Gasteiger partial charge in [-0.05, 0) is 0 Å². The SMILES string of the molecule is C[SiH-]1(C)c2ccccc2N(c2nc(-c3ccccc3)nc(-c3ccccc3)n2)c2ccc3c(c21)-c1ccccc1C31c2ccccc2N(c2ccccc2)c2ccccc21.